The first-order valence-corrected chi connectivity index (χ1v) is 10.1. The van der Waals surface area contributed by atoms with Gasteiger partial charge in [-0.25, -0.2) is 0 Å². The Balaban J connectivity index is 1.81. The summed E-state index contributed by atoms with van der Waals surface area (Å²) in [5, 5.41) is 4.22. The van der Waals surface area contributed by atoms with Crippen molar-refractivity contribution in [1.29, 1.82) is 0 Å². The molecular formula is C22H25N5OS. The molecule has 0 saturated carbocycles. The molecule has 3 aromatic rings. The van der Waals surface area contributed by atoms with E-state index in [1.54, 1.807) is 13.3 Å². The number of aromatic nitrogens is 3. The van der Waals surface area contributed by atoms with Crippen molar-refractivity contribution in [1.82, 2.24) is 24.8 Å². The largest absolute Gasteiger partial charge is 0.383 e. The lowest BCUT2D eigenvalue weighted by Crippen LogP contribution is -2.32. The van der Waals surface area contributed by atoms with Crippen molar-refractivity contribution in [2.75, 3.05) is 20.3 Å². The zero-order valence-electron chi connectivity index (χ0n) is 16.9. The second-order valence-corrected chi connectivity index (χ2v) is 7.57. The molecule has 0 aromatic carbocycles. The SMILES string of the molecule is COCCN1C(=S)N[C@@H](c2ccccn2)[C@@H]1c1cc(C)n(-c2cccnc2)c1C. The van der Waals surface area contributed by atoms with Crippen LogP contribution in [0.4, 0.5) is 0 Å². The number of rotatable bonds is 6. The van der Waals surface area contributed by atoms with Gasteiger partial charge in [0, 0.05) is 37.4 Å². The lowest BCUT2D eigenvalue weighted by molar-refractivity contribution is 0.164. The summed E-state index contributed by atoms with van der Waals surface area (Å²) in [6, 6.07) is 12.3. The Kier molecular flexibility index (Phi) is 5.60. The van der Waals surface area contributed by atoms with Gasteiger partial charge < -0.3 is 19.5 Å². The van der Waals surface area contributed by atoms with Gasteiger partial charge in [0.2, 0.25) is 0 Å². The fraction of sp³-hybridized carbons (Fsp3) is 0.318. The lowest BCUT2D eigenvalue weighted by Gasteiger charge is -2.28. The topological polar surface area (TPSA) is 55.2 Å². The molecule has 3 aromatic heterocycles. The molecule has 0 bridgehead atoms. The molecule has 4 heterocycles. The molecule has 7 heteroatoms. The molecular weight excluding hydrogens is 382 g/mol. The second kappa shape index (κ2) is 8.31. The highest BCUT2D eigenvalue weighted by atomic mass is 32.1. The number of thiocarbonyl (C=S) groups is 1. The molecule has 0 unspecified atom stereocenters. The first kappa shape index (κ1) is 19.5. The Morgan fingerprint density at radius 1 is 1.17 bits per heavy atom. The predicted octanol–water partition coefficient (Wildman–Crippen LogP) is 3.50. The van der Waals surface area contributed by atoms with Crippen molar-refractivity contribution >= 4 is 17.3 Å². The van der Waals surface area contributed by atoms with Crippen LogP contribution in [0.2, 0.25) is 0 Å². The van der Waals surface area contributed by atoms with E-state index in [0.717, 1.165) is 22.2 Å². The van der Waals surface area contributed by atoms with Crippen molar-refractivity contribution in [2.45, 2.75) is 25.9 Å². The van der Waals surface area contributed by atoms with E-state index in [9.17, 15) is 0 Å². The molecule has 1 aliphatic heterocycles. The number of ether oxygens (including phenoxy) is 1. The van der Waals surface area contributed by atoms with E-state index in [2.05, 4.69) is 50.7 Å². The average Bonchev–Trinajstić information content (AvgIpc) is 3.23. The van der Waals surface area contributed by atoms with Gasteiger partial charge in [-0.15, -0.1) is 0 Å². The first-order valence-electron chi connectivity index (χ1n) is 9.68. The third-order valence-corrected chi connectivity index (χ3v) is 5.78. The number of nitrogens with zero attached hydrogens (tertiary/aromatic N) is 4. The van der Waals surface area contributed by atoms with E-state index in [0.29, 0.717) is 13.2 Å². The van der Waals surface area contributed by atoms with Gasteiger partial charge in [0.05, 0.1) is 36.3 Å². The molecule has 0 aliphatic carbocycles. The highest BCUT2D eigenvalue weighted by Crippen LogP contribution is 2.41. The van der Waals surface area contributed by atoms with E-state index in [1.165, 1.54) is 11.3 Å². The van der Waals surface area contributed by atoms with Crippen molar-refractivity contribution in [2.24, 2.45) is 0 Å². The van der Waals surface area contributed by atoms with Crippen LogP contribution in [0.1, 0.15) is 34.7 Å². The van der Waals surface area contributed by atoms with Crippen molar-refractivity contribution in [3.63, 3.8) is 0 Å². The Morgan fingerprint density at radius 2 is 2.03 bits per heavy atom. The highest BCUT2D eigenvalue weighted by Gasteiger charge is 2.41. The van der Waals surface area contributed by atoms with Crippen LogP contribution in [-0.4, -0.2) is 44.8 Å². The maximum atomic E-state index is 5.70. The fourth-order valence-electron chi connectivity index (χ4n) is 4.14. The zero-order chi connectivity index (χ0) is 20.4. The molecule has 1 N–H and O–H groups in total. The maximum absolute atomic E-state index is 5.70. The van der Waals surface area contributed by atoms with Gasteiger partial charge in [0.25, 0.3) is 0 Å². The predicted molar refractivity (Wildman–Crippen MR) is 117 cm³/mol. The number of hydrogen-bond acceptors (Lipinski definition) is 4. The number of pyridine rings is 2. The van der Waals surface area contributed by atoms with Crippen LogP contribution >= 0.6 is 12.2 Å². The fourth-order valence-corrected chi connectivity index (χ4v) is 4.48. The van der Waals surface area contributed by atoms with Gasteiger partial charge in [-0.3, -0.25) is 9.97 Å². The number of aryl methyl sites for hydroxylation is 1. The van der Waals surface area contributed by atoms with E-state index in [1.807, 2.05) is 36.7 Å². The van der Waals surface area contributed by atoms with Crippen LogP contribution in [0.5, 0.6) is 0 Å². The maximum Gasteiger partial charge on any atom is 0.170 e. The molecule has 0 spiro atoms. The number of nitrogens with one attached hydrogen (secondary N) is 1. The van der Waals surface area contributed by atoms with E-state index >= 15 is 0 Å². The molecule has 6 nitrogen and oxygen atoms in total. The minimum Gasteiger partial charge on any atom is -0.383 e. The van der Waals surface area contributed by atoms with Gasteiger partial charge in [-0.1, -0.05) is 6.07 Å². The van der Waals surface area contributed by atoms with Crippen LogP contribution in [0, 0.1) is 13.8 Å². The van der Waals surface area contributed by atoms with E-state index < -0.39 is 0 Å². The Labute approximate surface area is 176 Å². The monoisotopic (exact) mass is 407 g/mol. The van der Waals surface area contributed by atoms with Gasteiger partial charge in [0.1, 0.15) is 0 Å². The summed E-state index contributed by atoms with van der Waals surface area (Å²) in [6.07, 6.45) is 5.51. The summed E-state index contributed by atoms with van der Waals surface area (Å²) in [4.78, 5) is 11.1. The minimum absolute atomic E-state index is 0.0246. The highest BCUT2D eigenvalue weighted by molar-refractivity contribution is 7.80. The average molecular weight is 408 g/mol. The van der Waals surface area contributed by atoms with Crippen LogP contribution < -0.4 is 5.32 Å². The van der Waals surface area contributed by atoms with Gasteiger partial charge >= 0.3 is 0 Å². The van der Waals surface area contributed by atoms with Crippen molar-refractivity contribution < 1.29 is 4.74 Å². The Bertz CT molecular complexity index is 989. The molecule has 150 valence electrons. The summed E-state index contributed by atoms with van der Waals surface area (Å²) in [5.41, 5.74) is 5.60. The van der Waals surface area contributed by atoms with Crippen LogP contribution in [0.15, 0.2) is 55.0 Å². The summed E-state index contributed by atoms with van der Waals surface area (Å²) >= 11 is 5.70. The molecule has 29 heavy (non-hydrogen) atoms. The normalized spacial score (nSPS) is 18.9. The minimum atomic E-state index is -0.0246. The number of hydrogen-bond donors (Lipinski definition) is 1. The third kappa shape index (κ3) is 3.63. The molecule has 0 radical (unpaired) electrons. The summed E-state index contributed by atoms with van der Waals surface area (Å²) in [5.74, 6) is 0. The Hall–Kier alpha value is -2.77. The van der Waals surface area contributed by atoms with Gasteiger partial charge in [0.15, 0.2) is 5.11 Å². The number of methoxy groups -OCH3 is 1. The quantitative estimate of drug-likeness (QED) is 0.631. The molecule has 0 amide bonds. The molecule has 2 atom stereocenters. The molecule has 4 rings (SSSR count). The second-order valence-electron chi connectivity index (χ2n) is 7.19. The lowest BCUT2D eigenvalue weighted by atomic mass is 9.97. The van der Waals surface area contributed by atoms with Gasteiger partial charge in [-0.2, -0.15) is 0 Å². The zero-order valence-corrected chi connectivity index (χ0v) is 17.7. The van der Waals surface area contributed by atoms with Crippen LogP contribution in [0.3, 0.4) is 0 Å². The van der Waals surface area contributed by atoms with E-state index in [4.69, 9.17) is 17.0 Å². The first-order chi connectivity index (χ1) is 14.1. The van der Waals surface area contributed by atoms with Crippen molar-refractivity contribution in [3.05, 3.63) is 77.6 Å². The standard InChI is InChI=1S/C22H25N5OS/c1-15-13-18(16(2)27(15)17-7-6-9-23-14-17)21-20(19-8-4-5-10-24-19)25-22(29)26(21)11-12-28-3/h4-10,13-14,20-21H,11-12H2,1-3H3,(H,25,29)/t20-,21-/m0/s1. The summed E-state index contributed by atoms with van der Waals surface area (Å²) < 4.78 is 7.59. The smallest absolute Gasteiger partial charge is 0.170 e. The van der Waals surface area contributed by atoms with E-state index in [-0.39, 0.29) is 12.1 Å². The molecule has 1 aliphatic rings. The summed E-state index contributed by atoms with van der Waals surface area (Å²) in [6.45, 7) is 5.60. The van der Waals surface area contributed by atoms with Gasteiger partial charge in [-0.05, 0) is 62.0 Å². The summed E-state index contributed by atoms with van der Waals surface area (Å²) in [7, 11) is 1.71. The van der Waals surface area contributed by atoms with Crippen LogP contribution in [0.25, 0.3) is 5.69 Å². The molecule has 1 fully saturated rings. The Morgan fingerprint density at radius 3 is 2.72 bits per heavy atom. The van der Waals surface area contributed by atoms with Crippen molar-refractivity contribution in [3.8, 4) is 5.69 Å². The third-order valence-electron chi connectivity index (χ3n) is 5.43. The molecule has 1 saturated heterocycles. The van der Waals surface area contributed by atoms with Crippen LogP contribution in [-0.2, 0) is 4.74 Å².